The Bertz CT molecular complexity index is 774. The van der Waals surface area contributed by atoms with Crippen LogP contribution in [0.3, 0.4) is 0 Å². The molecule has 1 aromatic carbocycles. The fourth-order valence-corrected chi connectivity index (χ4v) is 2.39. The minimum Gasteiger partial charge on any atom is -0.466 e. The maximum atomic E-state index is 13.0. The minimum atomic E-state index is -4.44. The average molecular weight is 397 g/mol. The van der Waals surface area contributed by atoms with Crippen molar-refractivity contribution in [2.75, 3.05) is 13.2 Å². The predicted molar refractivity (Wildman–Crippen MR) is 96.6 cm³/mol. The quantitative estimate of drug-likeness (QED) is 0.263. The van der Waals surface area contributed by atoms with Crippen molar-refractivity contribution in [2.45, 2.75) is 38.9 Å². The van der Waals surface area contributed by atoms with E-state index in [4.69, 9.17) is 9.57 Å². The van der Waals surface area contributed by atoms with Gasteiger partial charge in [-0.05, 0) is 31.9 Å². The molecule has 0 aliphatic carbocycles. The van der Waals surface area contributed by atoms with Gasteiger partial charge in [0.25, 0.3) is 0 Å². The van der Waals surface area contributed by atoms with Crippen LogP contribution in [0.15, 0.2) is 48.1 Å². The van der Waals surface area contributed by atoms with Gasteiger partial charge in [-0.25, -0.2) is 4.98 Å². The fourth-order valence-electron chi connectivity index (χ4n) is 2.39. The number of hydrogen-bond acceptors (Lipinski definition) is 5. The van der Waals surface area contributed by atoms with Gasteiger partial charge in [0.15, 0.2) is 0 Å². The van der Waals surface area contributed by atoms with Crippen LogP contribution < -0.4 is 0 Å². The first-order chi connectivity index (χ1) is 13.4. The SMILES string of the molecule is CCOC(=O)CCCCO/N=C(/Cn1ccnc1)c1cccc(C(F)(F)F)c1. The largest absolute Gasteiger partial charge is 0.466 e. The molecule has 0 spiro atoms. The summed E-state index contributed by atoms with van der Waals surface area (Å²) in [6.07, 6.45) is 1.80. The van der Waals surface area contributed by atoms with Crippen molar-refractivity contribution in [3.8, 4) is 0 Å². The number of carbonyl (C=O) groups is 1. The van der Waals surface area contributed by atoms with Crippen molar-refractivity contribution in [3.05, 3.63) is 54.1 Å². The summed E-state index contributed by atoms with van der Waals surface area (Å²) in [5, 5.41) is 4.03. The third kappa shape index (κ3) is 7.05. The summed E-state index contributed by atoms with van der Waals surface area (Å²) >= 11 is 0. The van der Waals surface area contributed by atoms with Crippen LogP contribution in [0.2, 0.25) is 0 Å². The molecule has 1 heterocycles. The van der Waals surface area contributed by atoms with Gasteiger partial charge in [-0.1, -0.05) is 17.3 Å². The summed E-state index contributed by atoms with van der Waals surface area (Å²) < 4.78 is 45.5. The van der Waals surface area contributed by atoms with Gasteiger partial charge in [0, 0.05) is 24.4 Å². The van der Waals surface area contributed by atoms with Gasteiger partial charge in [-0.2, -0.15) is 13.2 Å². The van der Waals surface area contributed by atoms with Crippen LogP contribution in [-0.4, -0.2) is 34.4 Å². The minimum absolute atomic E-state index is 0.212. The van der Waals surface area contributed by atoms with E-state index in [1.807, 2.05) is 0 Å². The van der Waals surface area contributed by atoms with Gasteiger partial charge < -0.3 is 14.1 Å². The molecule has 0 aliphatic rings. The van der Waals surface area contributed by atoms with Crippen LogP contribution >= 0.6 is 0 Å². The molecule has 0 amide bonds. The number of hydrogen-bond donors (Lipinski definition) is 0. The monoisotopic (exact) mass is 397 g/mol. The average Bonchev–Trinajstić information content (AvgIpc) is 3.16. The number of imidazole rings is 1. The number of ether oxygens (including phenoxy) is 1. The smallest absolute Gasteiger partial charge is 0.416 e. The Kier molecular flexibility index (Phi) is 8.03. The second-order valence-corrected chi connectivity index (χ2v) is 5.95. The van der Waals surface area contributed by atoms with E-state index < -0.39 is 11.7 Å². The number of unbranched alkanes of at least 4 members (excludes halogenated alkanes) is 1. The number of carbonyl (C=O) groups excluding carboxylic acids is 1. The lowest BCUT2D eigenvalue weighted by Gasteiger charge is -2.11. The molecule has 152 valence electrons. The number of alkyl halides is 3. The van der Waals surface area contributed by atoms with Gasteiger partial charge >= 0.3 is 12.1 Å². The lowest BCUT2D eigenvalue weighted by Crippen LogP contribution is -2.13. The predicted octanol–water partition coefficient (Wildman–Crippen LogP) is 4.06. The third-order valence-electron chi connectivity index (χ3n) is 3.76. The Morgan fingerprint density at radius 1 is 1.29 bits per heavy atom. The highest BCUT2D eigenvalue weighted by atomic mass is 19.4. The molecule has 1 aromatic heterocycles. The summed E-state index contributed by atoms with van der Waals surface area (Å²) in [5.74, 6) is -0.268. The van der Waals surface area contributed by atoms with E-state index in [9.17, 15) is 18.0 Å². The number of rotatable bonds is 10. The Hall–Kier alpha value is -2.84. The van der Waals surface area contributed by atoms with E-state index in [-0.39, 0.29) is 25.5 Å². The zero-order valence-corrected chi connectivity index (χ0v) is 15.5. The molecule has 2 rings (SSSR count). The van der Waals surface area contributed by atoms with Gasteiger partial charge in [0.1, 0.15) is 12.3 Å². The Morgan fingerprint density at radius 2 is 2.11 bits per heavy atom. The summed E-state index contributed by atoms with van der Waals surface area (Å²) in [6.45, 7) is 2.54. The summed E-state index contributed by atoms with van der Waals surface area (Å²) in [7, 11) is 0. The molecule has 0 saturated heterocycles. The zero-order chi connectivity index (χ0) is 20.4. The first-order valence-electron chi connectivity index (χ1n) is 8.88. The van der Waals surface area contributed by atoms with E-state index in [2.05, 4.69) is 10.1 Å². The molecule has 0 unspecified atom stereocenters. The molecule has 0 atom stereocenters. The highest BCUT2D eigenvalue weighted by molar-refractivity contribution is 6.00. The Balaban J connectivity index is 2.02. The number of benzene rings is 1. The molecule has 0 fully saturated rings. The van der Waals surface area contributed by atoms with Crippen LogP contribution in [0.1, 0.15) is 37.3 Å². The lowest BCUT2D eigenvalue weighted by atomic mass is 10.1. The van der Waals surface area contributed by atoms with E-state index in [1.54, 1.807) is 36.3 Å². The molecule has 9 heteroatoms. The van der Waals surface area contributed by atoms with Crippen molar-refractivity contribution in [2.24, 2.45) is 5.16 Å². The number of esters is 1. The molecule has 0 saturated carbocycles. The molecule has 28 heavy (non-hydrogen) atoms. The number of halogens is 3. The van der Waals surface area contributed by atoms with Crippen LogP contribution in [0.4, 0.5) is 13.2 Å². The molecule has 0 bridgehead atoms. The van der Waals surface area contributed by atoms with Crippen LogP contribution in [0.25, 0.3) is 0 Å². The van der Waals surface area contributed by atoms with Crippen LogP contribution in [-0.2, 0) is 27.1 Å². The Morgan fingerprint density at radius 3 is 2.79 bits per heavy atom. The van der Waals surface area contributed by atoms with Crippen LogP contribution in [0, 0.1) is 0 Å². The summed E-state index contributed by atoms with van der Waals surface area (Å²) in [4.78, 5) is 20.5. The highest BCUT2D eigenvalue weighted by Crippen LogP contribution is 2.29. The highest BCUT2D eigenvalue weighted by Gasteiger charge is 2.30. The molecule has 6 nitrogen and oxygen atoms in total. The summed E-state index contributed by atoms with van der Waals surface area (Å²) in [6, 6.07) is 4.94. The van der Waals surface area contributed by atoms with E-state index in [0.29, 0.717) is 30.7 Å². The van der Waals surface area contributed by atoms with Gasteiger partial charge in [-0.3, -0.25) is 4.79 Å². The number of oxime groups is 1. The lowest BCUT2D eigenvalue weighted by molar-refractivity contribution is -0.143. The first-order valence-corrected chi connectivity index (χ1v) is 8.88. The Labute approximate surface area is 161 Å². The van der Waals surface area contributed by atoms with Crippen molar-refractivity contribution >= 4 is 11.7 Å². The molecule has 2 aromatic rings. The van der Waals surface area contributed by atoms with Crippen LogP contribution in [0.5, 0.6) is 0 Å². The van der Waals surface area contributed by atoms with Crippen molar-refractivity contribution < 1.29 is 27.5 Å². The maximum Gasteiger partial charge on any atom is 0.416 e. The van der Waals surface area contributed by atoms with Gasteiger partial charge in [0.2, 0.25) is 0 Å². The molecular weight excluding hydrogens is 375 g/mol. The van der Waals surface area contributed by atoms with E-state index in [0.717, 1.165) is 12.1 Å². The normalized spacial score (nSPS) is 12.1. The molecular formula is C19H22F3N3O3. The fraction of sp³-hybridized carbons (Fsp3) is 0.421. The number of nitrogens with zero attached hydrogens (tertiary/aromatic N) is 3. The van der Waals surface area contributed by atoms with Crippen molar-refractivity contribution in [3.63, 3.8) is 0 Å². The van der Waals surface area contributed by atoms with Gasteiger partial charge in [0.05, 0.1) is 25.0 Å². The number of aromatic nitrogens is 2. The van der Waals surface area contributed by atoms with E-state index in [1.165, 1.54) is 6.07 Å². The molecule has 0 aliphatic heterocycles. The first kappa shape index (κ1) is 21.5. The van der Waals surface area contributed by atoms with E-state index >= 15 is 0 Å². The second-order valence-electron chi connectivity index (χ2n) is 5.95. The van der Waals surface area contributed by atoms with Crippen molar-refractivity contribution in [1.29, 1.82) is 0 Å². The summed E-state index contributed by atoms with van der Waals surface area (Å²) in [5.41, 5.74) is -0.0951. The third-order valence-corrected chi connectivity index (χ3v) is 3.76. The van der Waals surface area contributed by atoms with Crippen molar-refractivity contribution in [1.82, 2.24) is 9.55 Å². The molecule has 0 radical (unpaired) electrons. The standard InChI is InChI=1S/C19H22F3N3O3/c1-2-27-18(26)8-3-4-11-28-24-17(13-25-10-9-23-14-25)15-6-5-7-16(12-15)19(20,21)22/h5-7,9-10,12,14H,2-4,8,11,13H2,1H3/b24-17-. The van der Waals surface area contributed by atoms with Gasteiger partial charge in [-0.15, -0.1) is 0 Å². The second kappa shape index (κ2) is 10.5. The zero-order valence-electron chi connectivity index (χ0n) is 15.5. The topological polar surface area (TPSA) is 65.7 Å². The molecule has 0 N–H and O–H groups in total. The maximum absolute atomic E-state index is 13.0.